The van der Waals surface area contributed by atoms with E-state index in [1.807, 2.05) is 25.1 Å². The molecule has 1 fully saturated rings. The number of carbonyl (C=O) groups excluding carboxylic acids is 1. The summed E-state index contributed by atoms with van der Waals surface area (Å²) in [7, 11) is -0.513. The summed E-state index contributed by atoms with van der Waals surface area (Å²) in [5, 5.41) is 0. The summed E-state index contributed by atoms with van der Waals surface area (Å²) < 4.78 is 44.4. The van der Waals surface area contributed by atoms with Crippen LogP contribution >= 0.6 is 0 Å². The van der Waals surface area contributed by atoms with Crippen molar-refractivity contribution >= 4 is 21.6 Å². The highest BCUT2D eigenvalue weighted by molar-refractivity contribution is 7.92. The molecule has 1 amide bonds. The van der Waals surface area contributed by atoms with E-state index in [0.717, 1.165) is 17.1 Å². The fraction of sp³-hybridized carbons (Fsp3) is 0.321. The Hall–Kier alpha value is -3.76. The summed E-state index contributed by atoms with van der Waals surface area (Å²) in [6.07, 6.45) is 0. The lowest BCUT2D eigenvalue weighted by Crippen LogP contribution is -2.48. The van der Waals surface area contributed by atoms with Crippen molar-refractivity contribution in [2.45, 2.75) is 18.4 Å². The first kappa shape index (κ1) is 27.3. The quantitative estimate of drug-likeness (QED) is 0.418. The number of piperazine rings is 1. The highest BCUT2D eigenvalue weighted by Gasteiger charge is 2.24. The molecule has 0 radical (unpaired) electrons. The molecule has 1 N–H and O–H groups in total. The van der Waals surface area contributed by atoms with Crippen LogP contribution in [0.4, 0.5) is 5.69 Å². The van der Waals surface area contributed by atoms with Crippen LogP contribution in [0.25, 0.3) is 0 Å². The highest BCUT2D eigenvalue weighted by atomic mass is 32.2. The number of sulfonamides is 1. The lowest BCUT2D eigenvalue weighted by atomic mass is 10.1. The minimum absolute atomic E-state index is 0.0833. The third-order valence-electron chi connectivity index (χ3n) is 6.37. The van der Waals surface area contributed by atoms with Crippen LogP contribution in [0.1, 0.15) is 22.8 Å². The lowest BCUT2D eigenvalue weighted by molar-refractivity contribution is 0.0627. The molecule has 38 heavy (non-hydrogen) atoms. The van der Waals surface area contributed by atoms with Crippen molar-refractivity contribution in [3.05, 3.63) is 77.9 Å². The molecule has 4 rings (SSSR count). The van der Waals surface area contributed by atoms with E-state index in [-0.39, 0.29) is 10.8 Å². The molecular formula is C28H33N3O6S. The van der Waals surface area contributed by atoms with Gasteiger partial charge in [-0.2, -0.15) is 0 Å². The van der Waals surface area contributed by atoms with Gasteiger partial charge in [-0.15, -0.1) is 0 Å². The molecule has 202 valence electrons. The van der Waals surface area contributed by atoms with Crippen molar-refractivity contribution in [1.29, 1.82) is 0 Å². The zero-order valence-electron chi connectivity index (χ0n) is 21.8. The molecule has 3 aromatic carbocycles. The number of anilines is 1. The van der Waals surface area contributed by atoms with Crippen LogP contribution in [0, 0.1) is 0 Å². The number of rotatable bonds is 10. The molecule has 1 aliphatic rings. The van der Waals surface area contributed by atoms with Gasteiger partial charge < -0.3 is 19.1 Å². The normalized spacial score (nSPS) is 14.1. The van der Waals surface area contributed by atoms with Crippen molar-refractivity contribution in [2.75, 3.05) is 51.7 Å². The fourth-order valence-corrected chi connectivity index (χ4v) is 5.37. The van der Waals surface area contributed by atoms with Gasteiger partial charge in [0, 0.05) is 49.5 Å². The molecular weight excluding hydrogens is 506 g/mol. The first-order chi connectivity index (χ1) is 18.3. The molecule has 0 unspecified atom stereocenters. The molecule has 1 heterocycles. The van der Waals surface area contributed by atoms with E-state index in [0.29, 0.717) is 56.3 Å². The van der Waals surface area contributed by atoms with E-state index < -0.39 is 10.0 Å². The minimum Gasteiger partial charge on any atom is -0.497 e. The van der Waals surface area contributed by atoms with Crippen molar-refractivity contribution in [3.63, 3.8) is 0 Å². The van der Waals surface area contributed by atoms with E-state index in [4.69, 9.17) is 14.2 Å². The van der Waals surface area contributed by atoms with Crippen LogP contribution in [0.15, 0.2) is 71.6 Å². The van der Waals surface area contributed by atoms with Gasteiger partial charge in [0.2, 0.25) is 0 Å². The van der Waals surface area contributed by atoms with Gasteiger partial charge in [-0.1, -0.05) is 0 Å². The number of amides is 1. The maximum Gasteiger partial charge on any atom is 0.261 e. The number of nitrogens with one attached hydrogen (secondary N) is 1. The highest BCUT2D eigenvalue weighted by Crippen LogP contribution is 2.26. The van der Waals surface area contributed by atoms with Gasteiger partial charge in [-0.3, -0.25) is 14.4 Å². The molecule has 9 nitrogen and oxygen atoms in total. The molecule has 0 aromatic heterocycles. The summed E-state index contributed by atoms with van der Waals surface area (Å²) in [4.78, 5) is 17.2. The Bertz CT molecular complexity index is 1340. The number of ether oxygens (including phenoxy) is 3. The Morgan fingerprint density at radius 3 is 2.13 bits per heavy atom. The minimum atomic E-state index is -3.80. The number of hydrogen-bond acceptors (Lipinski definition) is 7. The second kappa shape index (κ2) is 12.2. The second-order valence-corrected chi connectivity index (χ2v) is 10.5. The Kier molecular flexibility index (Phi) is 8.75. The largest absolute Gasteiger partial charge is 0.497 e. The number of hydrogen-bond donors (Lipinski definition) is 1. The number of benzene rings is 3. The van der Waals surface area contributed by atoms with Gasteiger partial charge in [-0.25, -0.2) is 8.42 Å². The Labute approximate surface area is 224 Å². The summed E-state index contributed by atoms with van der Waals surface area (Å²) in [6.45, 7) is 5.68. The summed E-state index contributed by atoms with van der Waals surface area (Å²) >= 11 is 0. The molecule has 3 aromatic rings. The van der Waals surface area contributed by atoms with E-state index in [2.05, 4.69) is 9.62 Å². The van der Waals surface area contributed by atoms with E-state index in [9.17, 15) is 13.2 Å². The van der Waals surface area contributed by atoms with Crippen LogP contribution in [0.5, 0.6) is 17.2 Å². The van der Waals surface area contributed by atoms with Crippen molar-refractivity contribution in [1.82, 2.24) is 9.80 Å². The zero-order valence-corrected chi connectivity index (χ0v) is 22.7. The van der Waals surface area contributed by atoms with Crippen LogP contribution in [0.2, 0.25) is 0 Å². The SMILES string of the molecule is CCOc1ccc(NS(=O)(=O)c2ccc(C(=O)N3CCN(Cc4cc(OC)ccc4OC)CC3)cc2)cc1. The van der Waals surface area contributed by atoms with Gasteiger partial charge in [0.1, 0.15) is 17.2 Å². The Morgan fingerprint density at radius 1 is 0.868 bits per heavy atom. The predicted molar refractivity (Wildman–Crippen MR) is 146 cm³/mol. The summed E-state index contributed by atoms with van der Waals surface area (Å²) in [5.74, 6) is 2.12. The average Bonchev–Trinajstić information content (AvgIpc) is 2.94. The molecule has 0 saturated carbocycles. The average molecular weight is 540 g/mol. The predicted octanol–water partition coefficient (Wildman–Crippen LogP) is 3.86. The van der Waals surface area contributed by atoms with Gasteiger partial charge in [0.25, 0.3) is 15.9 Å². The van der Waals surface area contributed by atoms with Crippen LogP contribution in [-0.2, 0) is 16.6 Å². The van der Waals surface area contributed by atoms with E-state index >= 15 is 0 Å². The number of methoxy groups -OCH3 is 2. The van der Waals surface area contributed by atoms with Gasteiger partial charge in [-0.05, 0) is 73.7 Å². The fourth-order valence-electron chi connectivity index (χ4n) is 4.31. The smallest absolute Gasteiger partial charge is 0.261 e. The first-order valence-electron chi connectivity index (χ1n) is 12.4. The first-order valence-corrected chi connectivity index (χ1v) is 13.9. The van der Waals surface area contributed by atoms with Crippen molar-refractivity contribution in [2.24, 2.45) is 0 Å². The zero-order chi connectivity index (χ0) is 27.1. The lowest BCUT2D eigenvalue weighted by Gasteiger charge is -2.35. The summed E-state index contributed by atoms with van der Waals surface area (Å²) in [6, 6.07) is 18.4. The molecule has 0 aliphatic carbocycles. The van der Waals surface area contributed by atoms with E-state index in [1.54, 1.807) is 55.5 Å². The van der Waals surface area contributed by atoms with Crippen LogP contribution in [-0.4, -0.2) is 71.1 Å². The standard InChI is InChI=1S/C28H33N3O6S/c1-4-37-24-9-7-23(8-10-24)29-38(33,34)26-12-5-21(6-13-26)28(32)31-17-15-30(16-18-31)20-22-19-25(35-2)11-14-27(22)36-3/h5-14,19,29H,4,15-18,20H2,1-3H3. The number of carbonyl (C=O) groups is 1. The maximum absolute atomic E-state index is 13.1. The van der Waals surface area contributed by atoms with Gasteiger partial charge in [0.15, 0.2) is 0 Å². The van der Waals surface area contributed by atoms with Gasteiger partial charge >= 0.3 is 0 Å². The van der Waals surface area contributed by atoms with E-state index in [1.165, 1.54) is 12.1 Å². The molecule has 0 atom stereocenters. The molecule has 0 spiro atoms. The molecule has 1 saturated heterocycles. The topological polar surface area (TPSA) is 97.4 Å². The summed E-state index contributed by atoms with van der Waals surface area (Å²) in [5.41, 5.74) is 1.91. The van der Waals surface area contributed by atoms with Crippen LogP contribution in [0.3, 0.4) is 0 Å². The monoisotopic (exact) mass is 539 g/mol. The number of nitrogens with zero attached hydrogens (tertiary/aromatic N) is 2. The Morgan fingerprint density at radius 2 is 1.53 bits per heavy atom. The van der Waals surface area contributed by atoms with Gasteiger partial charge in [0.05, 0.1) is 25.7 Å². The Balaban J connectivity index is 1.34. The van der Waals surface area contributed by atoms with Crippen LogP contribution < -0.4 is 18.9 Å². The third-order valence-corrected chi connectivity index (χ3v) is 7.77. The molecule has 10 heteroatoms. The maximum atomic E-state index is 13.1. The molecule has 0 bridgehead atoms. The third kappa shape index (κ3) is 6.56. The molecule has 1 aliphatic heterocycles. The van der Waals surface area contributed by atoms with Crippen molar-refractivity contribution in [3.8, 4) is 17.2 Å². The second-order valence-electron chi connectivity index (χ2n) is 8.83. The van der Waals surface area contributed by atoms with Crippen molar-refractivity contribution < 1.29 is 27.4 Å².